The smallest absolute Gasteiger partial charge is 0.191 e. The molecule has 0 saturated carbocycles. The first-order chi connectivity index (χ1) is 13.7. The lowest BCUT2D eigenvalue weighted by atomic mass is 10.1. The molecule has 158 valence electrons. The van der Waals surface area contributed by atoms with E-state index >= 15 is 0 Å². The summed E-state index contributed by atoms with van der Waals surface area (Å²) in [4.78, 5) is 14.1. The van der Waals surface area contributed by atoms with Crippen molar-refractivity contribution in [3.63, 3.8) is 0 Å². The van der Waals surface area contributed by atoms with Crippen LogP contribution in [0, 0.1) is 6.92 Å². The normalized spacial score (nSPS) is 15.0. The first-order valence-corrected chi connectivity index (χ1v) is 10.1. The summed E-state index contributed by atoms with van der Waals surface area (Å²) in [5.74, 6) is 1.91. The quantitative estimate of drug-likeness (QED) is 0.357. The number of halogens is 1. The number of aryl methyl sites for hydroxylation is 1. The fourth-order valence-corrected chi connectivity index (χ4v) is 3.26. The van der Waals surface area contributed by atoms with Crippen LogP contribution in [0.5, 0.6) is 0 Å². The van der Waals surface area contributed by atoms with Gasteiger partial charge in [-0.1, -0.05) is 35.9 Å². The van der Waals surface area contributed by atoms with Crippen LogP contribution in [0.1, 0.15) is 23.6 Å². The maximum absolute atomic E-state index is 4.73. The number of aromatic nitrogens is 1. The number of hydrogen-bond donors (Lipinski definition) is 2. The highest BCUT2D eigenvalue weighted by Crippen LogP contribution is 2.18. The van der Waals surface area contributed by atoms with Gasteiger partial charge in [-0.2, -0.15) is 0 Å². The number of pyridine rings is 1. The van der Waals surface area contributed by atoms with Gasteiger partial charge in [0.05, 0.1) is 6.54 Å². The molecule has 3 rings (SSSR count). The molecule has 0 radical (unpaired) electrons. The Balaban J connectivity index is 0.00000300. The number of piperazine rings is 1. The van der Waals surface area contributed by atoms with Gasteiger partial charge in [0.15, 0.2) is 5.96 Å². The molecular formula is C22H33IN6. The van der Waals surface area contributed by atoms with Crippen molar-refractivity contribution in [1.82, 2.24) is 20.5 Å². The Labute approximate surface area is 191 Å². The molecule has 0 unspecified atom stereocenters. The van der Waals surface area contributed by atoms with E-state index in [1.54, 1.807) is 0 Å². The summed E-state index contributed by atoms with van der Waals surface area (Å²) in [6, 6.07) is 12.7. The van der Waals surface area contributed by atoms with Crippen molar-refractivity contribution in [2.45, 2.75) is 26.9 Å². The Bertz CT molecular complexity index is 769. The van der Waals surface area contributed by atoms with Gasteiger partial charge in [0.2, 0.25) is 0 Å². The molecule has 1 aromatic heterocycles. The zero-order valence-corrected chi connectivity index (χ0v) is 20.0. The largest absolute Gasteiger partial charge is 0.357 e. The lowest BCUT2D eigenvalue weighted by Crippen LogP contribution is -2.45. The average Bonchev–Trinajstić information content (AvgIpc) is 2.72. The number of rotatable bonds is 6. The Hall–Kier alpha value is -1.87. The number of nitrogens with one attached hydrogen (secondary N) is 2. The number of hydrogen-bond acceptors (Lipinski definition) is 4. The topological polar surface area (TPSA) is 55.8 Å². The number of benzene rings is 1. The van der Waals surface area contributed by atoms with Crippen molar-refractivity contribution in [3.05, 3.63) is 59.3 Å². The van der Waals surface area contributed by atoms with Crippen LogP contribution in [0.15, 0.2) is 47.6 Å². The number of likely N-dealkylation sites (N-methyl/N-ethyl adjacent to an activating group) is 1. The van der Waals surface area contributed by atoms with Gasteiger partial charge in [0.1, 0.15) is 5.82 Å². The van der Waals surface area contributed by atoms with Gasteiger partial charge in [0, 0.05) is 51.0 Å². The monoisotopic (exact) mass is 508 g/mol. The van der Waals surface area contributed by atoms with Crippen LogP contribution in [0.2, 0.25) is 0 Å². The molecule has 29 heavy (non-hydrogen) atoms. The third-order valence-corrected chi connectivity index (χ3v) is 5.00. The van der Waals surface area contributed by atoms with E-state index in [4.69, 9.17) is 4.99 Å². The fraction of sp³-hybridized carbons (Fsp3) is 0.455. The molecule has 2 aromatic rings. The van der Waals surface area contributed by atoms with Crippen LogP contribution in [-0.2, 0) is 13.1 Å². The summed E-state index contributed by atoms with van der Waals surface area (Å²) in [6.45, 7) is 10.6. The second-order valence-electron chi connectivity index (χ2n) is 7.31. The first-order valence-electron chi connectivity index (χ1n) is 10.1. The van der Waals surface area contributed by atoms with E-state index in [-0.39, 0.29) is 24.0 Å². The third kappa shape index (κ3) is 7.15. The summed E-state index contributed by atoms with van der Waals surface area (Å²) in [6.07, 6.45) is 1.88. The van der Waals surface area contributed by atoms with Gasteiger partial charge in [-0.05, 0) is 32.5 Å². The highest BCUT2D eigenvalue weighted by Gasteiger charge is 2.17. The third-order valence-electron chi connectivity index (χ3n) is 5.00. The minimum atomic E-state index is 0. The number of anilines is 1. The fourth-order valence-electron chi connectivity index (χ4n) is 3.26. The van der Waals surface area contributed by atoms with Crippen LogP contribution in [0.4, 0.5) is 5.82 Å². The van der Waals surface area contributed by atoms with Crippen molar-refractivity contribution < 1.29 is 0 Å². The average molecular weight is 508 g/mol. The van der Waals surface area contributed by atoms with Gasteiger partial charge in [-0.3, -0.25) is 0 Å². The summed E-state index contributed by atoms with van der Waals surface area (Å²) in [7, 11) is 2.17. The highest BCUT2D eigenvalue weighted by atomic mass is 127. The van der Waals surface area contributed by atoms with E-state index in [1.807, 2.05) is 12.3 Å². The van der Waals surface area contributed by atoms with Crippen LogP contribution in [-0.4, -0.2) is 55.6 Å². The molecule has 0 bridgehead atoms. The van der Waals surface area contributed by atoms with Crippen LogP contribution < -0.4 is 15.5 Å². The van der Waals surface area contributed by atoms with Crippen molar-refractivity contribution in [2.24, 2.45) is 4.99 Å². The van der Waals surface area contributed by atoms with E-state index < -0.39 is 0 Å². The van der Waals surface area contributed by atoms with E-state index in [0.717, 1.165) is 44.5 Å². The molecular weight excluding hydrogens is 475 g/mol. The van der Waals surface area contributed by atoms with E-state index in [0.29, 0.717) is 13.1 Å². The van der Waals surface area contributed by atoms with Crippen molar-refractivity contribution in [1.29, 1.82) is 0 Å². The second kappa shape index (κ2) is 12.0. The molecule has 0 amide bonds. The summed E-state index contributed by atoms with van der Waals surface area (Å²) >= 11 is 0. The highest BCUT2D eigenvalue weighted by molar-refractivity contribution is 14.0. The summed E-state index contributed by atoms with van der Waals surface area (Å²) < 4.78 is 0. The number of nitrogens with zero attached hydrogens (tertiary/aromatic N) is 4. The van der Waals surface area contributed by atoms with Gasteiger partial charge in [-0.15, -0.1) is 24.0 Å². The van der Waals surface area contributed by atoms with E-state index in [2.05, 4.69) is 76.6 Å². The van der Waals surface area contributed by atoms with Crippen LogP contribution in [0.3, 0.4) is 0 Å². The number of aliphatic imine (C=N–C) groups is 1. The molecule has 2 N–H and O–H groups in total. The molecule has 1 saturated heterocycles. The van der Waals surface area contributed by atoms with Crippen molar-refractivity contribution >= 4 is 35.8 Å². The summed E-state index contributed by atoms with van der Waals surface area (Å²) in [5.41, 5.74) is 3.68. The predicted octanol–water partition coefficient (Wildman–Crippen LogP) is 3.02. The minimum absolute atomic E-state index is 0. The zero-order chi connectivity index (χ0) is 19.8. The standard InChI is InChI=1S/C22H32N6.HI/c1-4-23-22(25-16-19-9-7-18(2)8-10-19)26-17-20-6-5-11-24-21(20)28-14-12-27(3)13-15-28;/h5-11H,4,12-17H2,1-3H3,(H2,23,25,26);1H. The molecule has 1 aliphatic heterocycles. The SMILES string of the molecule is CCNC(=NCc1ccc(C)cc1)NCc1cccnc1N1CCN(C)CC1.I. The van der Waals surface area contributed by atoms with E-state index in [1.165, 1.54) is 16.7 Å². The van der Waals surface area contributed by atoms with Crippen molar-refractivity contribution in [3.8, 4) is 0 Å². The zero-order valence-electron chi connectivity index (χ0n) is 17.7. The molecule has 1 fully saturated rings. The van der Waals surface area contributed by atoms with Crippen LogP contribution in [0.25, 0.3) is 0 Å². The minimum Gasteiger partial charge on any atom is -0.357 e. The Morgan fingerprint density at radius 3 is 2.48 bits per heavy atom. The molecule has 0 aliphatic carbocycles. The first kappa shape index (κ1) is 23.4. The molecule has 0 atom stereocenters. The second-order valence-corrected chi connectivity index (χ2v) is 7.31. The molecule has 0 spiro atoms. The van der Waals surface area contributed by atoms with Gasteiger partial charge in [-0.25, -0.2) is 9.98 Å². The van der Waals surface area contributed by atoms with Gasteiger partial charge < -0.3 is 20.4 Å². The van der Waals surface area contributed by atoms with E-state index in [9.17, 15) is 0 Å². The maximum atomic E-state index is 4.73. The Morgan fingerprint density at radius 1 is 1.07 bits per heavy atom. The van der Waals surface area contributed by atoms with Crippen molar-refractivity contribution in [2.75, 3.05) is 44.7 Å². The van der Waals surface area contributed by atoms with Crippen LogP contribution >= 0.6 is 24.0 Å². The Kier molecular flexibility index (Phi) is 9.66. The molecule has 7 heteroatoms. The maximum Gasteiger partial charge on any atom is 0.191 e. The van der Waals surface area contributed by atoms with Gasteiger partial charge >= 0.3 is 0 Å². The molecule has 2 heterocycles. The molecule has 6 nitrogen and oxygen atoms in total. The lowest BCUT2D eigenvalue weighted by Gasteiger charge is -2.34. The molecule has 1 aromatic carbocycles. The molecule has 1 aliphatic rings. The Morgan fingerprint density at radius 2 is 1.79 bits per heavy atom. The lowest BCUT2D eigenvalue weighted by molar-refractivity contribution is 0.312. The summed E-state index contributed by atoms with van der Waals surface area (Å²) in [5, 5.41) is 6.81. The van der Waals surface area contributed by atoms with Gasteiger partial charge in [0.25, 0.3) is 0 Å². The predicted molar refractivity (Wildman–Crippen MR) is 132 cm³/mol. The number of guanidine groups is 1.